The first kappa shape index (κ1) is 16.5. The Balaban J connectivity index is -0.000000149. The van der Waals surface area contributed by atoms with Gasteiger partial charge in [0.25, 0.3) is 0 Å². The van der Waals surface area contributed by atoms with E-state index in [4.69, 9.17) is 0 Å². The molecule has 0 aliphatic heterocycles. The molecule has 0 aromatic rings. The zero-order chi connectivity index (χ0) is 7.70. The van der Waals surface area contributed by atoms with Gasteiger partial charge in [-0.2, -0.15) is 0 Å². The lowest BCUT2D eigenvalue weighted by Gasteiger charge is -1.98. The zero-order valence-electron chi connectivity index (χ0n) is 8.11. The van der Waals surface area contributed by atoms with Gasteiger partial charge in [-0.25, -0.2) is 0 Å². The summed E-state index contributed by atoms with van der Waals surface area (Å²) in [7, 11) is 0. The second kappa shape index (κ2) is 16.0. The van der Waals surface area contributed by atoms with Crippen LogP contribution in [0.3, 0.4) is 0 Å². The minimum Gasteiger partial charge on any atom is -0.269 e. The molecule has 0 rings (SSSR count). The molecule has 0 saturated heterocycles. The Hall–Kier alpha value is -0.0700. The molecular weight excluding hydrogens is 127 g/mol. The number of hydrogen-bond donors (Lipinski definition) is 0. The number of unbranched alkanes of at least 4 members (excludes halogenated alkanes) is 1. The van der Waals surface area contributed by atoms with E-state index < -0.39 is 0 Å². The van der Waals surface area contributed by atoms with Gasteiger partial charge in [0.2, 0.25) is 0 Å². The Kier molecular flexibility index (Phi) is 26.3. The van der Waals surface area contributed by atoms with Gasteiger partial charge in [-0.05, 0) is 5.92 Å². The van der Waals surface area contributed by atoms with Crippen LogP contribution in [0.15, 0.2) is 0 Å². The van der Waals surface area contributed by atoms with Crippen molar-refractivity contribution in [2.24, 2.45) is 5.92 Å². The molecule has 0 spiro atoms. The van der Waals surface area contributed by atoms with Gasteiger partial charge < -0.3 is 0 Å². The smallest absolute Gasteiger partial charge is 0.0471 e. The molecule has 0 bridgehead atoms. The minimum atomic E-state index is 0. The SMILES string of the molecule is CC.CCCCC(C)C.F. The van der Waals surface area contributed by atoms with Crippen LogP contribution in [0.4, 0.5) is 4.70 Å². The summed E-state index contributed by atoms with van der Waals surface area (Å²) in [5, 5.41) is 0. The highest BCUT2D eigenvalue weighted by Crippen LogP contribution is 2.04. The first-order valence-corrected chi connectivity index (χ1v) is 4.27. The number of rotatable bonds is 3. The molecule has 0 unspecified atom stereocenters. The Morgan fingerprint density at radius 1 is 1.10 bits per heavy atom. The summed E-state index contributed by atoms with van der Waals surface area (Å²) < 4.78 is 0. The Morgan fingerprint density at radius 2 is 1.50 bits per heavy atom. The lowest BCUT2D eigenvalue weighted by Crippen LogP contribution is -1.83. The van der Waals surface area contributed by atoms with Crippen LogP contribution in [0, 0.1) is 5.92 Å². The molecule has 10 heavy (non-hydrogen) atoms. The molecule has 0 aliphatic carbocycles. The van der Waals surface area contributed by atoms with Gasteiger partial charge in [0.05, 0.1) is 0 Å². The summed E-state index contributed by atoms with van der Waals surface area (Å²) in [6.45, 7) is 10.8. The summed E-state index contributed by atoms with van der Waals surface area (Å²) in [5.41, 5.74) is 0. The van der Waals surface area contributed by atoms with Gasteiger partial charge in [-0.1, -0.05) is 53.9 Å². The van der Waals surface area contributed by atoms with Gasteiger partial charge in [0, 0.05) is 0 Å². The second-order valence-electron chi connectivity index (χ2n) is 2.54. The normalized spacial score (nSPS) is 7.80. The van der Waals surface area contributed by atoms with Crippen LogP contribution in [0.25, 0.3) is 0 Å². The van der Waals surface area contributed by atoms with E-state index in [0.29, 0.717) is 0 Å². The van der Waals surface area contributed by atoms with Gasteiger partial charge in [-0.3, -0.25) is 4.70 Å². The predicted molar refractivity (Wildman–Crippen MR) is 48.2 cm³/mol. The van der Waals surface area contributed by atoms with Gasteiger partial charge in [0.15, 0.2) is 0 Å². The van der Waals surface area contributed by atoms with Crippen molar-refractivity contribution in [1.29, 1.82) is 0 Å². The molecule has 0 N–H and O–H groups in total. The molecule has 0 aromatic carbocycles. The summed E-state index contributed by atoms with van der Waals surface area (Å²) >= 11 is 0. The lowest BCUT2D eigenvalue weighted by molar-refractivity contribution is 0.550. The van der Waals surface area contributed by atoms with Crippen molar-refractivity contribution < 1.29 is 4.70 Å². The minimum absolute atomic E-state index is 0. The summed E-state index contributed by atoms with van der Waals surface area (Å²) in [6, 6.07) is 0. The monoisotopic (exact) mass is 150 g/mol. The van der Waals surface area contributed by atoms with Crippen LogP contribution in [0.2, 0.25) is 0 Å². The van der Waals surface area contributed by atoms with Crippen molar-refractivity contribution >= 4 is 0 Å². The van der Waals surface area contributed by atoms with Crippen molar-refractivity contribution in [2.45, 2.75) is 53.9 Å². The highest BCUT2D eigenvalue weighted by molar-refractivity contribution is 4.42. The van der Waals surface area contributed by atoms with E-state index in [1.54, 1.807) is 0 Å². The van der Waals surface area contributed by atoms with Crippen molar-refractivity contribution in [3.8, 4) is 0 Å². The van der Waals surface area contributed by atoms with Crippen molar-refractivity contribution in [2.75, 3.05) is 0 Å². The van der Waals surface area contributed by atoms with E-state index in [2.05, 4.69) is 20.8 Å². The third kappa shape index (κ3) is 24.7. The fourth-order valence-electron chi connectivity index (χ4n) is 0.612. The number of halogens is 1. The summed E-state index contributed by atoms with van der Waals surface area (Å²) in [6.07, 6.45) is 4.15. The zero-order valence-corrected chi connectivity index (χ0v) is 8.11. The molecule has 0 fully saturated rings. The maximum atomic E-state index is 2.27. The van der Waals surface area contributed by atoms with Crippen LogP contribution in [0.1, 0.15) is 53.9 Å². The van der Waals surface area contributed by atoms with Crippen LogP contribution in [0.5, 0.6) is 0 Å². The van der Waals surface area contributed by atoms with Gasteiger partial charge in [0.1, 0.15) is 0 Å². The predicted octanol–water partition coefficient (Wildman–Crippen LogP) is 4.01. The third-order valence-corrected chi connectivity index (χ3v) is 1.14. The largest absolute Gasteiger partial charge is 0.269 e. The average Bonchev–Trinajstić information content (AvgIpc) is 1.88. The summed E-state index contributed by atoms with van der Waals surface area (Å²) in [5.74, 6) is 0.903. The van der Waals surface area contributed by atoms with E-state index in [9.17, 15) is 0 Å². The van der Waals surface area contributed by atoms with Crippen LogP contribution in [-0.2, 0) is 0 Å². The van der Waals surface area contributed by atoms with E-state index in [-0.39, 0.29) is 4.70 Å². The Bertz CT molecular complexity index is 33.7. The number of hydrogen-bond acceptors (Lipinski definition) is 0. The highest BCUT2D eigenvalue weighted by Gasteiger charge is 1.88. The van der Waals surface area contributed by atoms with E-state index in [1.807, 2.05) is 13.8 Å². The molecule has 0 heterocycles. The first-order chi connectivity index (χ1) is 4.27. The first-order valence-electron chi connectivity index (χ1n) is 4.27. The van der Waals surface area contributed by atoms with Gasteiger partial charge in [-0.15, -0.1) is 0 Å². The van der Waals surface area contributed by atoms with Crippen LogP contribution < -0.4 is 0 Å². The van der Waals surface area contributed by atoms with Crippen molar-refractivity contribution in [3.05, 3.63) is 0 Å². The maximum absolute atomic E-state index is 2.27. The molecule has 0 nitrogen and oxygen atoms in total. The highest BCUT2D eigenvalue weighted by atomic mass is 19.0. The molecule has 0 radical (unpaired) electrons. The van der Waals surface area contributed by atoms with E-state index in [0.717, 1.165) is 5.92 Å². The fourth-order valence-corrected chi connectivity index (χ4v) is 0.612. The van der Waals surface area contributed by atoms with E-state index in [1.165, 1.54) is 19.3 Å². The Morgan fingerprint density at radius 3 is 1.60 bits per heavy atom. The fraction of sp³-hybridized carbons (Fsp3) is 1.00. The van der Waals surface area contributed by atoms with Gasteiger partial charge >= 0.3 is 0 Å². The molecular formula is C9H23F. The second-order valence-corrected chi connectivity index (χ2v) is 2.54. The quantitative estimate of drug-likeness (QED) is 0.570. The van der Waals surface area contributed by atoms with Crippen molar-refractivity contribution in [1.82, 2.24) is 0 Å². The van der Waals surface area contributed by atoms with Crippen LogP contribution >= 0.6 is 0 Å². The van der Waals surface area contributed by atoms with Crippen molar-refractivity contribution in [3.63, 3.8) is 0 Å². The third-order valence-electron chi connectivity index (χ3n) is 1.14. The molecule has 0 atom stereocenters. The Labute approximate surface area is 65.4 Å². The average molecular weight is 150 g/mol. The molecule has 0 aliphatic rings. The van der Waals surface area contributed by atoms with E-state index >= 15 is 0 Å². The molecule has 0 aromatic heterocycles. The lowest BCUT2D eigenvalue weighted by atomic mass is 10.1. The molecule has 0 amide bonds. The molecule has 66 valence electrons. The topological polar surface area (TPSA) is 0 Å². The van der Waals surface area contributed by atoms with Crippen LogP contribution in [-0.4, -0.2) is 0 Å². The molecule has 1 heteroatoms. The summed E-state index contributed by atoms with van der Waals surface area (Å²) in [4.78, 5) is 0. The molecule has 0 saturated carbocycles. The standard InChI is InChI=1S/C7H16.C2H6.FH/c1-4-5-6-7(2)3;1-2;/h7H,4-6H2,1-3H3;1-2H3;1H. The maximum Gasteiger partial charge on any atom is -0.0471 e.